The number of rotatable bonds is 1. The van der Waals surface area contributed by atoms with Gasteiger partial charge in [-0.1, -0.05) is 20.8 Å². The van der Waals surface area contributed by atoms with E-state index >= 15 is 0 Å². The van der Waals surface area contributed by atoms with Gasteiger partial charge in [0.1, 0.15) is 5.01 Å². The van der Waals surface area contributed by atoms with Crippen LogP contribution >= 0.6 is 11.3 Å². The summed E-state index contributed by atoms with van der Waals surface area (Å²) in [5, 5.41) is 3.29. The second-order valence-corrected chi connectivity index (χ2v) is 7.11. The van der Waals surface area contributed by atoms with Gasteiger partial charge in [0.15, 0.2) is 0 Å². The Morgan fingerprint density at radius 3 is 2.41 bits per heavy atom. The molecule has 1 aromatic heterocycles. The molecule has 1 saturated heterocycles. The second-order valence-electron chi connectivity index (χ2n) is 6.25. The van der Waals surface area contributed by atoms with E-state index in [1.165, 1.54) is 5.69 Å². The summed E-state index contributed by atoms with van der Waals surface area (Å²) >= 11 is 1.73. The van der Waals surface area contributed by atoms with Gasteiger partial charge in [0, 0.05) is 10.8 Å². The minimum atomic E-state index is -0.194. The van der Waals surface area contributed by atoms with Crippen LogP contribution in [-0.2, 0) is 11.0 Å². The highest BCUT2D eigenvalue weighted by atomic mass is 32.1. The molecule has 3 nitrogen and oxygen atoms in total. The molecule has 1 aliphatic rings. The van der Waals surface area contributed by atoms with Crippen molar-refractivity contribution in [1.29, 1.82) is 0 Å². The summed E-state index contributed by atoms with van der Waals surface area (Å²) in [5.74, 6) is 0. The van der Waals surface area contributed by atoms with E-state index in [1.807, 2.05) is 0 Å². The van der Waals surface area contributed by atoms with Gasteiger partial charge in [-0.2, -0.15) is 0 Å². The highest BCUT2D eigenvalue weighted by molar-refractivity contribution is 7.09. The van der Waals surface area contributed by atoms with Gasteiger partial charge in [-0.05, 0) is 33.0 Å². The number of hydrogen-bond acceptors (Lipinski definition) is 4. The molecule has 17 heavy (non-hydrogen) atoms. The Morgan fingerprint density at radius 2 is 1.94 bits per heavy atom. The molecule has 1 aromatic rings. The summed E-state index contributed by atoms with van der Waals surface area (Å²) in [7, 11) is 2.15. The van der Waals surface area contributed by atoms with Crippen molar-refractivity contribution in [1.82, 2.24) is 9.88 Å². The number of thiazole rings is 1. The summed E-state index contributed by atoms with van der Waals surface area (Å²) in [6.07, 6.45) is 2.03. The van der Waals surface area contributed by atoms with Crippen molar-refractivity contribution in [3.05, 3.63) is 16.1 Å². The van der Waals surface area contributed by atoms with E-state index in [9.17, 15) is 0 Å². The number of nitrogens with two attached hydrogens (primary N) is 1. The molecule has 0 radical (unpaired) electrons. The quantitative estimate of drug-likeness (QED) is 0.835. The summed E-state index contributed by atoms with van der Waals surface area (Å²) < 4.78 is 0. The van der Waals surface area contributed by atoms with E-state index in [0.717, 1.165) is 30.9 Å². The first kappa shape index (κ1) is 13.0. The number of nitrogens with zero attached hydrogens (tertiary/aromatic N) is 2. The molecular weight excluding hydrogens is 230 g/mol. The molecule has 0 aromatic carbocycles. The van der Waals surface area contributed by atoms with Crippen LogP contribution < -0.4 is 5.73 Å². The Bertz CT molecular complexity index is 384. The van der Waals surface area contributed by atoms with Crippen molar-refractivity contribution in [2.75, 3.05) is 20.1 Å². The van der Waals surface area contributed by atoms with Gasteiger partial charge >= 0.3 is 0 Å². The Balaban J connectivity index is 2.20. The fourth-order valence-corrected chi connectivity index (χ4v) is 3.30. The molecule has 0 spiro atoms. The van der Waals surface area contributed by atoms with Gasteiger partial charge in [0.2, 0.25) is 0 Å². The smallest absolute Gasteiger partial charge is 0.113 e. The lowest BCUT2D eigenvalue weighted by molar-refractivity contribution is 0.191. The maximum Gasteiger partial charge on any atom is 0.113 e. The van der Waals surface area contributed by atoms with Gasteiger partial charge in [-0.3, -0.25) is 0 Å². The SMILES string of the molecule is CN1CCC(N)(c2nc(C(C)(C)C)cs2)CC1. The van der Waals surface area contributed by atoms with E-state index in [1.54, 1.807) is 11.3 Å². The Morgan fingerprint density at radius 1 is 1.35 bits per heavy atom. The van der Waals surface area contributed by atoms with Gasteiger partial charge in [-0.25, -0.2) is 4.98 Å². The fourth-order valence-electron chi connectivity index (χ4n) is 2.08. The molecule has 0 unspecified atom stereocenters. The first-order valence-electron chi connectivity index (χ1n) is 6.25. The van der Waals surface area contributed by atoms with Crippen LogP contribution in [0.1, 0.15) is 44.3 Å². The lowest BCUT2D eigenvalue weighted by atomic mass is 9.89. The monoisotopic (exact) mass is 253 g/mol. The minimum Gasteiger partial charge on any atom is -0.319 e. The lowest BCUT2D eigenvalue weighted by Crippen LogP contribution is -2.47. The molecule has 0 bridgehead atoms. The van der Waals surface area contributed by atoms with Crippen molar-refractivity contribution >= 4 is 11.3 Å². The fraction of sp³-hybridized carbons (Fsp3) is 0.769. The molecule has 0 aliphatic carbocycles. The van der Waals surface area contributed by atoms with Crippen LogP contribution in [0.4, 0.5) is 0 Å². The Kier molecular flexibility index (Phi) is 3.31. The average Bonchev–Trinajstić information content (AvgIpc) is 2.72. The highest BCUT2D eigenvalue weighted by Gasteiger charge is 2.34. The number of likely N-dealkylation sites (tertiary alicyclic amines) is 1. The van der Waals surface area contributed by atoms with Gasteiger partial charge in [0.25, 0.3) is 0 Å². The molecular formula is C13H23N3S. The van der Waals surface area contributed by atoms with E-state index < -0.39 is 0 Å². The van der Waals surface area contributed by atoms with E-state index in [2.05, 4.69) is 38.1 Å². The number of aromatic nitrogens is 1. The zero-order valence-corrected chi connectivity index (χ0v) is 12.1. The van der Waals surface area contributed by atoms with Crippen molar-refractivity contribution in [3.8, 4) is 0 Å². The third kappa shape index (κ3) is 2.69. The largest absolute Gasteiger partial charge is 0.319 e. The molecule has 2 rings (SSSR count). The lowest BCUT2D eigenvalue weighted by Gasteiger charge is -2.36. The molecule has 1 fully saturated rings. The van der Waals surface area contributed by atoms with Crippen molar-refractivity contribution in [3.63, 3.8) is 0 Å². The molecule has 2 heterocycles. The minimum absolute atomic E-state index is 0.122. The number of hydrogen-bond donors (Lipinski definition) is 1. The first-order chi connectivity index (χ1) is 7.81. The van der Waals surface area contributed by atoms with Crippen LogP contribution in [0.25, 0.3) is 0 Å². The number of piperidine rings is 1. The Labute approximate surface area is 108 Å². The molecule has 0 atom stereocenters. The molecule has 0 saturated carbocycles. The summed E-state index contributed by atoms with van der Waals surface area (Å²) in [6.45, 7) is 8.73. The predicted molar refractivity (Wildman–Crippen MR) is 73.4 cm³/mol. The Hall–Kier alpha value is -0.450. The topological polar surface area (TPSA) is 42.1 Å². The zero-order valence-electron chi connectivity index (χ0n) is 11.3. The molecule has 4 heteroatoms. The maximum atomic E-state index is 6.52. The van der Waals surface area contributed by atoms with Crippen LogP contribution in [0.5, 0.6) is 0 Å². The standard InChI is InChI=1S/C13H23N3S/c1-12(2,3)10-9-17-11(15-10)13(14)5-7-16(4)8-6-13/h9H,5-8,14H2,1-4H3. The molecule has 0 amide bonds. The normalized spacial score (nSPS) is 21.7. The first-order valence-corrected chi connectivity index (χ1v) is 7.13. The van der Waals surface area contributed by atoms with Crippen LogP contribution in [-0.4, -0.2) is 30.0 Å². The third-order valence-corrected chi connectivity index (χ3v) is 4.64. The van der Waals surface area contributed by atoms with Crippen molar-refractivity contribution in [2.24, 2.45) is 5.73 Å². The predicted octanol–water partition coefficient (Wildman–Crippen LogP) is 2.32. The molecule has 96 valence electrons. The van der Waals surface area contributed by atoms with Crippen LogP contribution in [0.2, 0.25) is 0 Å². The maximum absolute atomic E-state index is 6.52. The van der Waals surface area contributed by atoms with Gasteiger partial charge in [0.05, 0.1) is 11.2 Å². The van der Waals surface area contributed by atoms with Crippen molar-refractivity contribution < 1.29 is 0 Å². The average molecular weight is 253 g/mol. The zero-order chi connectivity index (χ0) is 12.7. The molecule has 1 aliphatic heterocycles. The van der Waals surface area contributed by atoms with Gasteiger partial charge in [-0.15, -0.1) is 11.3 Å². The van der Waals surface area contributed by atoms with E-state index in [0.29, 0.717) is 0 Å². The van der Waals surface area contributed by atoms with Crippen molar-refractivity contribution in [2.45, 2.75) is 44.6 Å². The third-order valence-electron chi connectivity index (χ3n) is 3.58. The summed E-state index contributed by atoms with van der Waals surface area (Å²) in [6, 6.07) is 0. The van der Waals surface area contributed by atoms with Gasteiger partial charge < -0.3 is 10.6 Å². The molecule has 2 N–H and O–H groups in total. The van der Waals surface area contributed by atoms with Crippen LogP contribution in [0.15, 0.2) is 5.38 Å². The highest BCUT2D eigenvalue weighted by Crippen LogP contribution is 2.34. The van der Waals surface area contributed by atoms with E-state index in [4.69, 9.17) is 10.7 Å². The summed E-state index contributed by atoms with van der Waals surface area (Å²) in [4.78, 5) is 7.11. The van der Waals surface area contributed by atoms with Crippen LogP contribution in [0, 0.1) is 0 Å². The second kappa shape index (κ2) is 4.34. The van der Waals surface area contributed by atoms with Crippen LogP contribution in [0.3, 0.4) is 0 Å². The van der Waals surface area contributed by atoms with E-state index in [-0.39, 0.29) is 11.0 Å². The summed E-state index contributed by atoms with van der Waals surface area (Å²) in [5.41, 5.74) is 7.62.